The number of ether oxygens (including phenoxy) is 1. The number of anilines is 2. The summed E-state index contributed by atoms with van der Waals surface area (Å²) in [6.45, 7) is 5.34. The molecule has 3 heterocycles. The van der Waals surface area contributed by atoms with Gasteiger partial charge in [0.15, 0.2) is 5.82 Å². The van der Waals surface area contributed by atoms with E-state index in [1.165, 1.54) is 24.1 Å². The van der Waals surface area contributed by atoms with Crippen LogP contribution in [0.25, 0.3) is 0 Å². The van der Waals surface area contributed by atoms with E-state index in [2.05, 4.69) is 4.98 Å². The van der Waals surface area contributed by atoms with Crippen molar-refractivity contribution >= 4 is 27.8 Å². The molecule has 4 fully saturated rings. The normalized spacial score (nSPS) is 36.4. The van der Waals surface area contributed by atoms with Crippen molar-refractivity contribution in [2.75, 3.05) is 35.3 Å². The van der Waals surface area contributed by atoms with E-state index in [0.717, 1.165) is 8.61 Å². The molecule has 5 atom stereocenters. The largest absolute Gasteiger partial charge is 0.444 e. The molecule has 5 unspecified atom stereocenters. The number of carbonyl (C=O) groups excluding carboxylic acids is 1. The van der Waals surface area contributed by atoms with Gasteiger partial charge < -0.3 is 9.64 Å². The van der Waals surface area contributed by atoms with E-state index in [1.807, 2.05) is 0 Å². The number of hydrogen-bond donors (Lipinski definition) is 0. The van der Waals surface area contributed by atoms with Crippen molar-refractivity contribution in [3.8, 4) is 0 Å². The topological polar surface area (TPSA) is 83.1 Å². The minimum Gasteiger partial charge on any atom is -0.444 e. The molecule has 1 aromatic rings. The van der Waals surface area contributed by atoms with Gasteiger partial charge in [0.05, 0.1) is 16.8 Å². The van der Waals surface area contributed by atoms with Crippen molar-refractivity contribution in [2.45, 2.75) is 56.5 Å². The zero-order chi connectivity index (χ0) is 26.2. The first-order chi connectivity index (χ1) is 16.5. The quantitative estimate of drug-likeness (QED) is 0.556. The summed E-state index contributed by atoms with van der Waals surface area (Å²) in [6.07, 6.45) is -0.784. The minimum absolute atomic E-state index is 0.0280. The van der Waals surface area contributed by atoms with E-state index in [-0.39, 0.29) is 49.0 Å². The molecule has 5 aliphatic rings. The van der Waals surface area contributed by atoms with Crippen LogP contribution in [0.5, 0.6) is 0 Å². The molecule has 0 bridgehead atoms. The van der Waals surface area contributed by atoms with Gasteiger partial charge in [-0.05, 0) is 51.2 Å². The lowest BCUT2D eigenvalue weighted by Crippen LogP contribution is -2.37. The molecule has 1 aromatic heterocycles. The second kappa shape index (κ2) is 6.76. The fraction of sp³-hybridized carbons (Fsp3) is 0.739. The summed E-state index contributed by atoms with van der Waals surface area (Å²) < 4.78 is 90.7. The summed E-state index contributed by atoms with van der Waals surface area (Å²) in [5.41, 5.74) is -1.99. The van der Waals surface area contributed by atoms with Gasteiger partial charge in [0.2, 0.25) is 0 Å². The summed E-state index contributed by atoms with van der Waals surface area (Å²) in [7, 11) is -2.88. The highest BCUT2D eigenvalue weighted by Crippen LogP contribution is 2.78. The molecule has 8 nitrogen and oxygen atoms in total. The molecular weight excluding hydrogens is 504 g/mol. The smallest absolute Gasteiger partial charge is 0.410 e. The number of pyridine rings is 1. The van der Waals surface area contributed by atoms with Gasteiger partial charge in [-0.15, -0.1) is 0 Å². The van der Waals surface area contributed by atoms with Gasteiger partial charge in [-0.3, -0.25) is 0 Å². The molecule has 1 saturated heterocycles. The van der Waals surface area contributed by atoms with Crippen LogP contribution < -0.4 is 8.61 Å². The van der Waals surface area contributed by atoms with Crippen LogP contribution in [0.4, 0.5) is 33.9 Å². The predicted octanol–water partition coefficient (Wildman–Crippen LogP) is 3.63. The van der Waals surface area contributed by atoms with Gasteiger partial charge in [-0.1, -0.05) is 0 Å². The van der Waals surface area contributed by atoms with Gasteiger partial charge >= 0.3 is 16.3 Å². The zero-order valence-electron chi connectivity index (χ0n) is 20.3. The summed E-state index contributed by atoms with van der Waals surface area (Å²) in [5.74, 6) is -8.64. The Kier molecular flexibility index (Phi) is 4.52. The number of aromatic nitrogens is 1. The standard InChI is InChI=1S/C23H28F4N4O4S/c1-20(2,3)35-19(32)30-9-12-7-21(17(14(12)11-30)23(21,26)27)16-6-5-15-18(28-16)29(4)36(33,34)31(15)10-13-8-22(13,24)25/h5-6,12-14,17H,7-11H2,1-4H3. The van der Waals surface area contributed by atoms with Crippen LogP contribution >= 0.6 is 0 Å². The van der Waals surface area contributed by atoms with E-state index >= 15 is 8.78 Å². The van der Waals surface area contributed by atoms with E-state index in [4.69, 9.17) is 4.74 Å². The molecule has 198 valence electrons. The third-order valence-corrected chi connectivity index (χ3v) is 10.2. The number of nitrogens with zero attached hydrogens (tertiary/aromatic N) is 4. The van der Waals surface area contributed by atoms with Crippen molar-refractivity contribution in [3.05, 3.63) is 17.8 Å². The summed E-state index contributed by atoms with van der Waals surface area (Å²) in [6, 6.07) is 2.81. The maximum atomic E-state index is 15.4. The highest BCUT2D eigenvalue weighted by molar-refractivity contribution is 7.94. The zero-order valence-corrected chi connectivity index (χ0v) is 21.2. The van der Waals surface area contributed by atoms with Gasteiger partial charge in [0.1, 0.15) is 5.60 Å². The fourth-order valence-electron chi connectivity index (χ4n) is 6.55. The Balaban J connectivity index is 1.27. The van der Waals surface area contributed by atoms with Crippen LogP contribution in [0.2, 0.25) is 0 Å². The average molecular weight is 533 g/mol. The molecule has 3 saturated carbocycles. The minimum atomic E-state index is -4.13. The Labute approximate surface area is 206 Å². The van der Waals surface area contributed by atoms with Crippen molar-refractivity contribution in [3.63, 3.8) is 0 Å². The average Bonchev–Trinajstić information content (AvgIpc) is 3.23. The Morgan fingerprint density at radius 2 is 1.83 bits per heavy atom. The SMILES string of the molecule is CN1c2nc(C34CC5CN(C(=O)OC(C)(C)C)CC5C3C4(F)F)ccc2N(CC2CC2(F)F)S1(=O)=O. The molecule has 1 amide bonds. The van der Waals surface area contributed by atoms with E-state index < -0.39 is 56.9 Å². The van der Waals surface area contributed by atoms with E-state index in [9.17, 15) is 22.0 Å². The number of alkyl halides is 4. The lowest BCUT2D eigenvalue weighted by molar-refractivity contribution is 0.0276. The first-order valence-electron chi connectivity index (χ1n) is 12.0. The van der Waals surface area contributed by atoms with Crippen molar-refractivity contribution < 1.29 is 35.5 Å². The van der Waals surface area contributed by atoms with E-state index in [0.29, 0.717) is 6.54 Å². The third kappa shape index (κ3) is 3.06. The maximum absolute atomic E-state index is 15.4. The van der Waals surface area contributed by atoms with Crippen molar-refractivity contribution in [1.29, 1.82) is 0 Å². The van der Waals surface area contributed by atoms with Crippen LogP contribution in [-0.2, 0) is 20.4 Å². The van der Waals surface area contributed by atoms with Gasteiger partial charge in [-0.25, -0.2) is 36.0 Å². The lowest BCUT2D eigenvalue weighted by atomic mass is 9.91. The van der Waals surface area contributed by atoms with Crippen LogP contribution in [0, 0.1) is 23.7 Å². The highest BCUT2D eigenvalue weighted by Gasteiger charge is 2.88. The van der Waals surface area contributed by atoms with Gasteiger partial charge in [0.25, 0.3) is 11.8 Å². The van der Waals surface area contributed by atoms with Crippen molar-refractivity contribution in [2.24, 2.45) is 23.7 Å². The second-order valence-corrected chi connectivity index (χ2v) is 13.7. The Bertz CT molecular complexity index is 1270. The van der Waals surface area contributed by atoms with Gasteiger partial charge in [-0.2, -0.15) is 8.42 Å². The second-order valence-electron chi connectivity index (χ2n) is 11.8. The summed E-state index contributed by atoms with van der Waals surface area (Å²) >= 11 is 0. The maximum Gasteiger partial charge on any atom is 0.410 e. The molecule has 0 aromatic carbocycles. The van der Waals surface area contributed by atoms with Crippen LogP contribution in [0.1, 0.15) is 39.3 Å². The van der Waals surface area contributed by atoms with Gasteiger partial charge in [0, 0.05) is 44.9 Å². The number of halogens is 4. The molecule has 0 spiro atoms. The number of fused-ring (bicyclic) bond motifs is 4. The van der Waals surface area contributed by atoms with E-state index in [1.54, 1.807) is 20.8 Å². The van der Waals surface area contributed by atoms with Crippen LogP contribution in [0.15, 0.2) is 12.1 Å². The number of likely N-dealkylation sites (tertiary alicyclic amines) is 1. The molecule has 0 N–H and O–H groups in total. The Morgan fingerprint density at radius 3 is 2.44 bits per heavy atom. The predicted molar refractivity (Wildman–Crippen MR) is 121 cm³/mol. The summed E-state index contributed by atoms with van der Waals surface area (Å²) in [4.78, 5) is 18.4. The molecule has 0 radical (unpaired) electrons. The number of carbonyl (C=O) groups is 1. The summed E-state index contributed by atoms with van der Waals surface area (Å²) in [5, 5.41) is 0. The molecule has 13 heteroatoms. The number of rotatable bonds is 3. The monoisotopic (exact) mass is 532 g/mol. The van der Waals surface area contributed by atoms with Crippen LogP contribution in [0.3, 0.4) is 0 Å². The fourth-order valence-corrected chi connectivity index (χ4v) is 7.96. The first-order valence-corrected chi connectivity index (χ1v) is 13.4. The Morgan fingerprint density at radius 1 is 1.17 bits per heavy atom. The Hall–Kier alpha value is -2.31. The van der Waals surface area contributed by atoms with Crippen molar-refractivity contribution in [1.82, 2.24) is 9.88 Å². The molecule has 36 heavy (non-hydrogen) atoms. The number of hydrogen-bond acceptors (Lipinski definition) is 5. The third-order valence-electron chi connectivity index (χ3n) is 8.43. The highest BCUT2D eigenvalue weighted by atomic mass is 32.2. The molecule has 2 aliphatic heterocycles. The first kappa shape index (κ1) is 24.1. The van der Waals surface area contributed by atoms with Crippen LogP contribution in [-0.4, -0.2) is 68.5 Å². The lowest BCUT2D eigenvalue weighted by Gasteiger charge is -2.25. The molecular formula is C23H28F4N4O4S. The molecule has 3 aliphatic carbocycles. The molecule has 6 rings (SSSR count). The number of amides is 1.